The largest absolute Gasteiger partial charge is 0.288 e. The summed E-state index contributed by atoms with van der Waals surface area (Å²) in [5.74, 6) is 4.47. The highest BCUT2D eigenvalue weighted by Crippen LogP contribution is 2.44. The van der Waals surface area contributed by atoms with Crippen LogP contribution in [0.3, 0.4) is 0 Å². The molecule has 2 atom stereocenters. The highest BCUT2D eigenvalue weighted by Gasteiger charge is 2.44. The molecule has 1 aliphatic carbocycles. The third-order valence-corrected chi connectivity index (χ3v) is 2.17. The van der Waals surface area contributed by atoms with E-state index in [1.54, 1.807) is 0 Å². The van der Waals surface area contributed by atoms with Crippen LogP contribution in [-0.4, -0.2) is 24.0 Å². The summed E-state index contributed by atoms with van der Waals surface area (Å²) in [5.41, 5.74) is 0. The highest BCUT2D eigenvalue weighted by atomic mass is 15.5. The molecule has 2 fully saturated rings. The Morgan fingerprint density at radius 2 is 2.11 bits per heavy atom. The number of piperidine rings is 1. The van der Waals surface area contributed by atoms with Gasteiger partial charge >= 0.3 is 0 Å². The summed E-state index contributed by atoms with van der Waals surface area (Å²) in [4.78, 5) is 0. The fraction of sp³-hybridized carbons (Fsp3) is 0.714. The van der Waals surface area contributed by atoms with Gasteiger partial charge in [0.25, 0.3) is 0 Å². The van der Waals surface area contributed by atoms with Gasteiger partial charge in [0.15, 0.2) is 0 Å². The molecule has 2 rings (SSSR count). The van der Waals surface area contributed by atoms with Gasteiger partial charge in [-0.2, -0.15) is 0 Å². The predicted octanol–water partition coefficient (Wildman–Crippen LogP) is 0.709. The zero-order valence-electron chi connectivity index (χ0n) is 5.38. The van der Waals surface area contributed by atoms with E-state index in [0.29, 0.717) is 0 Å². The molecule has 0 aromatic carbocycles. The first kappa shape index (κ1) is 5.07. The molecule has 0 N–H and O–H groups in total. The molecule has 0 amide bonds. The van der Waals surface area contributed by atoms with E-state index in [2.05, 4.69) is 22.6 Å². The zero-order valence-corrected chi connectivity index (χ0v) is 5.38. The Balaban J connectivity index is 1.96. The van der Waals surface area contributed by atoms with Gasteiger partial charge in [-0.25, -0.2) is 0 Å². The Labute approximate surface area is 54.9 Å². The van der Waals surface area contributed by atoms with E-state index in [-0.39, 0.29) is 0 Å². The number of rotatable bonds is 1. The summed E-state index contributed by atoms with van der Waals surface area (Å²) in [6.45, 7) is 5.72. The molecule has 2 nitrogen and oxygen atoms in total. The zero-order chi connectivity index (χ0) is 6.27. The quantitative estimate of drug-likeness (QED) is 0.468. The minimum Gasteiger partial charge on any atom is -0.288 e. The lowest BCUT2D eigenvalue weighted by Gasteiger charge is -2.09. The summed E-state index contributed by atoms with van der Waals surface area (Å²) in [5, 5.41) is 6.04. The molecule has 1 aliphatic heterocycles. The molecule has 1 saturated carbocycles. The Morgan fingerprint density at radius 1 is 1.44 bits per heavy atom. The van der Waals surface area contributed by atoms with Crippen molar-refractivity contribution in [2.75, 3.05) is 13.1 Å². The van der Waals surface area contributed by atoms with Crippen LogP contribution < -0.4 is 0 Å². The van der Waals surface area contributed by atoms with Crippen molar-refractivity contribution in [3.05, 3.63) is 6.58 Å². The van der Waals surface area contributed by atoms with Gasteiger partial charge in [0.05, 0.1) is 0 Å². The van der Waals surface area contributed by atoms with Crippen molar-refractivity contribution in [3.8, 4) is 0 Å². The van der Waals surface area contributed by atoms with Crippen molar-refractivity contribution in [2.24, 2.45) is 16.9 Å². The number of fused-ring (bicyclic) bond motifs is 1. The molecule has 0 radical (unpaired) electrons. The van der Waals surface area contributed by atoms with Crippen LogP contribution in [0, 0.1) is 11.8 Å². The Bertz CT molecular complexity index is 160. The van der Waals surface area contributed by atoms with E-state index in [0.717, 1.165) is 24.9 Å². The normalized spacial score (nSPS) is 37.6. The van der Waals surface area contributed by atoms with Gasteiger partial charge in [-0.05, 0) is 24.8 Å². The molecule has 0 spiro atoms. The first-order valence-corrected chi connectivity index (χ1v) is 3.38. The SMILES string of the molecule is C=C=NN1CC2CC2C1. The van der Waals surface area contributed by atoms with E-state index in [4.69, 9.17) is 0 Å². The van der Waals surface area contributed by atoms with E-state index in [9.17, 15) is 0 Å². The van der Waals surface area contributed by atoms with Crippen molar-refractivity contribution < 1.29 is 0 Å². The average Bonchev–Trinajstić information content (AvgIpc) is 2.42. The van der Waals surface area contributed by atoms with Crippen LogP contribution in [0.1, 0.15) is 6.42 Å². The Kier molecular flexibility index (Phi) is 0.908. The third kappa shape index (κ3) is 0.757. The fourth-order valence-electron chi connectivity index (χ4n) is 1.56. The first-order valence-electron chi connectivity index (χ1n) is 3.38. The molecule has 1 saturated heterocycles. The standard InChI is InChI=1S/C7H10N2/c1-2-8-9-4-6-3-7(6)5-9/h6-7H,1,3-5H2. The molecule has 1 heterocycles. The van der Waals surface area contributed by atoms with Crippen molar-refractivity contribution in [1.82, 2.24) is 5.01 Å². The monoisotopic (exact) mass is 122 g/mol. The van der Waals surface area contributed by atoms with Crippen LogP contribution in [0.25, 0.3) is 0 Å². The molecule has 9 heavy (non-hydrogen) atoms. The lowest BCUT2D eigenvalue weighted by Crippen LogP contribution is -2.14. The van der Waals surface area contributed by atoms with Crippen LogP contribution in [0.15, 0.2) is 11.7 Å². The minimum atomic E-state index is 0.960. The van der Waals surface area contributed by atoms with E-state index >= 15 is 0 Å². The van der Waals surface area contributed by atoms with Crippen molar-refractivity contribution in [3.63, 3.8) is 0 Å². The van der Waals surface area contributed by atoms with Crippen molar-refractivity contribution >= 4 is 5.87 Å². The number of nitrogens with zero attached hydrogens (tertiary/aromatic N) is 2. The van der Waals surface area contributed by atoms with E-state index < -0.39 is 0 Å². The molecular formula is C7H10N2. The summed E-state index contributed by atoms with van der Waals surface area (Å²) < 4.78 is 0. The predicted molar refractivity (Wildman–Crippen MR) is 36.2 cm³/mol. The van der Waals surface area contributed by atoms with Crippen LogP contribution in [0.5, 0.6) is 0 Å². The summed E-state index contributed by atoms with van der Waals surface area (Å²) in [6, 6.07) is 0. The van der Waals surface area contributed by atoms with E-state index in [1.165, 1.54) is 6.42 Å². The molecule has 2 aliphatic rings. The molecule has 0 aromatic rings. The Hall–Kier alpha value is -0.750. The molecular weight excluding hydrogens is 112 g/mol. The summed E-state index contributed by atoms with van der Waals surface area (Å²) >= 11 is 0. The lowest BCUT2D eigenvalue weighted by atomic mass is 10.4. The molecule has 0 bridgehead atoms. The second-order valence-corrected chi connectivity index (χ2v) is 2.89. The van der Waals surface area contributed by atoms with Gasteiger partial charge in [-0.1, -0.05) is 0 Å². The smallest absolute Gasteiger partial charge is 0.0399 e. The molecule has 0 aromatic heterocycles. The molecule has 2 heteroatoms. The summed E-state index contributed by atoms with van der Waals surface area (Å²) in [7, 11) is 0. The number of hydrogen-bond donors (Lipinski definition) is 0. The van der Waals surface area contributed by atoms with Crippen LogP contribution in [0.4, 0.5) is 0 Å². The second-order valence-electron chi connectivity index (χ2n) is 2.89. The Morgan fingerprint density at radius 3 is 2.67 bits per heavy atom. The molecule has 48 valence electrons. The van der Waals surface area contributed by atoms with Crippen LogP contribution in [0.2, 0.25) is 0 Å². The van der Waals surface area contributed by atoms with Crippen LogP contribution in [-0.2, 0) is 0 Å². The van der Waals surface area contributed by atoms with Gasteiger partial charge in [0, 0.05) is 19.0 Å². The highest BCUT2D eigenvalue weighted by molar-refractivity contribution is 5.45. The number of hydrogen-bond acceptors (Lipinski definition) is 2. The van der Waals surface area contributed by atoms with Gasteiger partial charge in [-0.15, -0.1) is 5.10 Å². The number of hydrazone groups is 1. The minimum absolute atomic E-state index is 0.960. The van der Waals surface area contributed by atoms with Crippen LogP contribution >= 0.6 is 0 Å². The lowest BCUT2D eigenvalue weighted by molar-refractivity contribution is 0.325. The second kappa shape index (κ2) is 1.61. The summed E-state index contributed by atoms with van der Waals surface area (Å²) in [6.07, 6.45) is 1.43. The maximum absolute atomic E-state index is 3.98. The van der Waals surface area contributed by atoms with Crippen molar-refractivity contribution in [1.29, 1.82) is 0 Å². The average molecular weight is 122 g/mol. The van der Waals surface area contributed by atoms with Crippen molar-refractivity contribution in [2.45, 2.75) is 6.42 Å². The van der Waals surface area contributed by atoms with Gasteiger partial charge in [-0.3, -0.25) is 5.01 Å². The van der Waals surface area contributed by atoms with Gasteiger partial charge < -0.3 is 0 Å². The van der Waals surface area contributed by atoms with Gasteiger partial charge in [0.2, 0.25) is 0 Å². The van der Waals surface area contributed by atoms with E-state index in [1.807, 2.05) is 0 Å². The fourth-order valence-corrected chi connectivity index (χ4v) is 1.56. The maximum atomic E-state index is 3.98. The maximum Gasteiger partial charge on any atom is 0.0399 e. The molecule has 2 unspecified atom stereocenters. The topological polar surface area (TPSA) is 15.6 Å². The third-order valence-electron chi connectivity index (χ3n) is 2.17. The first-order chi connectivity index (χ1) is 4.40. The van der Waals surface area contributed by atoms with Gasteiger partial charge in [0.1, 0.15) is 0 Å².